The monoisotopic (exact) mass is 197 g/mol. The smallest absolute Gasteiger partial charge is 0.0951 e. The first-order valence-electron chi connectivity index (χ1n) is 4.95. The summed E-state index contributed by atoms with van der Waals surface area (Å²) >= 11 is 0. The van der Waals surface area contributed by atoms with E-state index in [4.69, 9.17) is 5.11 Å². The number of aliphatic hydroxyl groups is 1. The molecule has 0 saturated heterocycles. The Morgan fingerprint density at radius 3 is 2.86 bits per heavy atom. The summed E-state index contributed by atoms with van der Waals surface area (Å²) in [6, 6.07) is 0.440. The second-order valence-electron chi connectivity index (χ2n) is 3.85. The molecule has 1 heterocycles. The highest BCUT2D eigenvalue weighted by molar-refractivity contribution is 4.99. The number of imidazole rings is 1. The van der Waals surface area contributed by atoms with E-state index in [1.807, 2.05) is 19.6 Å². The summed E-state index contributed by atoms with van der Waals surface area (Å²) in [5.41, 5.74) is 1.19. The lowest BCUT2D eigenvalue weighted by Crippen LogP contribution is -2.23. The zero-order chi connectivity index (χ0) is 10.6. The Morgan fingerprint density at radius 1 is 1.57 bits per heavy atom. The fraction of sp³-hybridized carbons (Fsp3) is 0.700. The molecule has 1 N–H and O–H groups in total. The zero-order valence-corrected chi connectivity index (χ0v) is 9.14. The van der Waals surface area contributed by atoms with Crippen LogP contribution in [-0.4, -0.2) is 39.8 Å². The van der Waals surface area contributed by atoms with Crippen molar-refractivity contribution in [2.75, 3.05) is 20.2 Å². The summed E-state index contributed by atoms with van der Waals surface area (Å²) in [6.07, 6.45) is 3.74. The van der Waals surface area contributed by atoms with Gasteiger partial charge in [-0.05, 0) is 20.9 Å². The van der Waals surface area contributed by atoms with Crippen LogP contribution in [0.1, 0.15) is 25.6 Å². The largest absolute Gasteiger partial charge is 0.395 e. The van der Waals surface area contributed by atoms with Gasteiger partial charge in [0.15, 0.2) is 0 Å². The molecule has 0 aliphatic heterocycles. The molecule has 4 nitrogen and oxygen atoms in total. The van der Waals surface area contributed by atoms with E-state index in [9.17, 15) is 0 Å². The summed E-state index contributed by atoms with van der Waals surface area (Å²) in [4.78, 5) is 6.21. The van der Waals surface area contributed by atoms with Gasteiger partial charge in [-0.2, -0.15) is 0 Å². The van der Waals surface area contributed by atoms with Crippen LogP contribution in [0.4, 0.5) is 0 Å². The van der Waals surface area contributed by atoms with Crippen LogP contribution in [0.2, 0.25) is 0 Å². The predicted molar refractivity (Wildman–Crippen MR) is 56.0 cm³/mol. The van der Waals surface area contributed by atoms with Crippen molar-refractivity contribution in [1.29, 1.82) is 0 Å². The fourth-order valence-corrected chi connectivity index (χ4v) is 1.45. The highest BCUT2D eigenvalue weighted by Crippen LogP contribution is 2.10. The van der Waals surface area contributed by atoms with E-state index in [-0.39, 0.29) is 6.61 Å². The van der Waals surface area contributed by atoms with Crippen LogP contribution in [0, 0.1) is 0 Å². The third kappa shape index (κ3) is 2.82. The van der Waals surface area contributed by atoms with Crippen LogP contribution in [0.3, 0.4) is 0 Å². The third-order valence-electron chi connectivity index (χ3n) is 2.22. The first-order valence-corrected chi connectivity index (χ1v) is 4.95. The molecule has 0 aliphatic rings. The Morgan fingerprint density at radius 2 is 2.29 bits per heavy atom. The molecule has 0 amide bonds. The van der Waals surface area contributed by atoms with Gasteiger partial charge >= 0.3 is 0 Å². The van der Waals surface area contributed by atoms with Gasteiger partial charge < -0.3 is 9.67 Å². The van der Waals surface area contributed by atoms with E-state index in [0.29, 0.717) is 12.6 Å². The first-order chi connectivity index (χ1) is 6.65. The zero-order valence-electron chi connectivity index (χ0n) is 9.14. The van der Waals surface area contributed by atoms with Crippen LogP contribution in [0.15, 0.2) is 12.5 Å². The summed E-state index contributed by atoms with van der Waals surface area (Å²) < 4.78 is 2.15. The van der Waals surface area contributed by atoms with Gasteiger partial charge in [0.1, 0.15) is 0 Å². The van der Waals surface area contributed by atoms with E-state index in [1.165, 1.54) is 5.69 Å². The van der Waals surface area contributed by atoms with Crippen LogP contribution in [0.25, 0.3) is 0 Å². The van der Waals surface area contributed by atoms with E-state index < -0.39 is 0 Å². The number of hydrogen-bond acceptors (Lipinski definition) is 3. The maximum absolute atomic E-state index is 8.78. The maximum Gasteiger partial charge on any atom is 0.0951 e. The second kappa shape index (κ2) is 5.12. The Labute approximate surface area is 85.2 Å². The lowest BCUT2D eigenvalue weighted by molar-refractivity contribution is 0.214. The molecular weight excluding hydrogens is 178 g/mol. The van der Waals surface area contributed by atoms with Crippen molar-refractivity contribution in [3.8, 4) is 0 Å². The van der Waals surface area contributed by atoms with E-state index >= 15 is 0 Å². The summed E-state index contributed by atoms with van der Waals surface area (Å²) in [5, 5.41) is 8.78. The molecule has 0 radical (unpaired) electrons. The molecule has 0 aliphatic carbocycles. The van der Waals surface area contributed by atoms with Gasteiger partial charge in [-0.25, -0.2) is 4.98 Å². The molecule has 1 rings (SSSR count). The highest BCUT2D eigenvalue weighted by atomic mass is 16.3. The van der Waals surface area contributed by atoms with Gasteiger partial charge in [0, 0.05) is 25.3 Å². The normalized spacial score (nSPS) is 11.6. The number of rotatable bonds is 5. The van der Waals surface area contributed by atoms with Crippen molar-refractivity contribution in [2.45, 2.75) is 26.4 Å². The lowest BCUT2D eigenvalue weighted by Gasteiger charge is -2.17. The van der Waals surface area contributed by atoms with Gasteiger partial charge in [-0.3, -0.25) is 4.90 Å². The van der Waals surface area contributed by atoms with Crippen molar-refractivity contribution < 1.29 is 5.11 Å². The Hall–Kier alpha value is -0.870. The van der Waals surface area contributed by atoms with Crippen LogP contribution in [-0.2, 0) is 6.54 Å². The van der Waals surface area contributed by atoms with Crippen LogP contribution < -0.4 is 0 Å². The number of aliphatic hydroxyl groups excluding tert-OH is 1. The molecule has 0 bridgehead atoms. The Bertz CT molecular complexity index is 270. The van der Waals surface area contributed by atoms with Crippen LogP contribution >= 0.6 is 0 Å². The van der Waals surface area contributed by atoms with Crippen molar-refractivity contribution in [3.05, 3.63) is 18.2 Å². The molecule has 14 heavy (non-hydrogen) atoms. The minimum absolute atomic E-state index is 0.201. The molecular formula is C10H19N3O. The molecule has 0 fully saturated rings. The number of hydrogen-bond donors (Lipinski definition) is 1. The molecule has 0 spiro atoms. The highest BCUT2D eigenvalue weighted by Gasteiger charge is 2.07. The minimum Gasteiger partial charge on any atom is -0.395 e. The molecule has 0 saturated carbocycles. The van der Waals surface area contributed by atoms with Gasteiger partial charge in [0.2, 0.25) is 0 Å². The van der Waals surface area contributed by atoms with Gasteiger partial charge in [-0.1, -0.05) is 0 Å². The van der Waals surface area contributed by atoms with Crippen molar-refractivity contribution in [2.24, 2.45) is 0 Å². The lowest BCUT2D eigenvalue weighted by atomic mass is 10.3. The average molecular weight is 197 g/mol. The Balaban J connectivity index is 2.61. The molecule has 1 aromatic rings. The van der Waals surface area contributed by atoms with Gasteiger partial charge in [-0.15, -0.1) is 0 Å². The van der Waals surface area contributed by atoms with E-state index in [2.05, 4.69) is 28.3 Å². The average Bonchev–Trinajstić information content (AvgIpc) is 2.52. The van der Waals surface area contributed by atoms with Gasteiger partial charge in [0.05, 0.1) is 18.6 Å². The van der Waals surface area contributed by atoms with Crippen molar-refractivity contribution >= 4 is 0 Å². The number of likely N-dealkylation sites (N-methyl/N-ethyl adjacent to an activating group) is 1. The van der Waals surface area contributed by atoms with Gasteiger partial charge in [0.25, 0.3) is 0 Å². The van der Waals surface area contributed by atoms with E-state index in [0.717, 1.165) is 6.54 Å². The fourth-order valence-electron chi connectivity index (χ4n) is 1.45. The quantitative estimate of drug-likeness (QED) is 0.762. The number of nitrogens with zero attached hydrogens (tertiary/aromatic N) is 3. The van der Waals surface area contributed by atoms with E-state index in [1.54, 1.807) is 0 Å². The SMILES string of the molecule is CC(C)n1cncc1CN(C)CCO. The van der Waals surface area contributed by atoms with Crippen molar-refractivity contribution in [3.63, 3.8) is 0 Å². The Kier molecular flexibility index (Phi) is 4.10. The topological polar surface area (TPSA) is 41.3 Å². The maximum atomic E-state index is 8.78. The summed E-state index contributed by atoms with van der Waals surface area (Å²) in [7, 11) is 1.99. The van der Waals surface area contributed by atoms with Crippen molar-refractivity contribution in [1.82, 2.24) is 14.5 Å². The summed E-state index contributed by atoms with van der Waals surface area (Å²) in [5.74, 6) is 0. The third-order valence-corrected chi connectivity index (χ3v) is 2.22. The molecule has 0 atom stereocenters. The molecule has 4 heteroatoms. The molecule has 0 aromatic carbocycles. The molecule has 0 unspecified atom stereocenters. The second-order valence-corrected chi connectivity index (χ2v) is 3.85. The molecule has 1 aromatic heterocycles. The first kappa shape index (κ1) is 11.2. The minimum atomic E-state index is 0.201. The number of aromatic nitrogens is 2. The van der Waals surface area contributed by atoms with Crippen LogP contribution in [0.5, 0.6) is 0 Å². The summed E-state index contributed by atoms with van der Waals surface area (Å²) in [6.45, 7) is 6.00. The predicted octanol–water partition coefficient (Wildman–Crippen LogP) is 0.888. The standard InChI is InChI=1S/C10H19N3O/c1-9(2)13-8-11-6-10(13)7-12(3)4-5-14/h6,8-9,14H,4-5,7H2,1-3H3. The molecule has 80 valence electrons.